The van der Waals surface area contributed by atoms with Crippen molar-refractivity contribution in [3.63, 3.8) is 0 Å². The van der Waals surface area contributed by atoms with E-state index in [1.807, 2.05) is 49.1 Å². The molecular weight excluding hydrogens is 695 g/mol. The number of fused-ring (bicyclic) bond motifs is 6. The van der Waals surface area contributed by atoms with Crippen molar-refractivity contribution in [1.82, 2.24) is 19.9 Å². The van der Waals surface area contributed by atoms with Crippen molar-refractivity contribution in [3.8, 4) is 33.6 Å². The van der Waals surface area contributed by atoms with E-state index in [2.05, 4.69) is 167 Å². The van der Waals surface area contributed by atoms with Crippen LogP contribution in [0, 0.1) is 0 Å². The molecule has 0 aliphatic carbocycles. The molecule has 5 nitrogen and oxygen atoms in total. The summed E-state index contributed by atoms with van der Waals surface area (Å²) in [5.74, 6) is 0. The van der Waals surface area contributed by atoms with Gasteiger partial charge >= 0.3 is 0 Å². The lowest BCUT2D eigenvalue weighted by atomic mass is 9.96. The van der Waals surface area contributed by atoms with Crippen LogP contribution in [0.3, 0.4) is 0 Å². The lowest BCUT2D eigenvalue weighted by Crippen LogP contribution is -2.10. The maximum atomic E-state index is 4.76. The highest BCUT2D eigenvalue weighted by atomic mass is 15.1. The Labute approximate surface area is 329 Å². The van der Waals surface area contributed by atoms with Gasteiger partial charge in [0.05, 0.1) is 22.4 Å². The predicted octanol–water partition coefficient (Wildman–Crippen LogP) is 13.5. The number of hydrogen-bond donors (Lipinski definition) is 0. The molecule has 0 amide bonds. The molecule has 0 radical (unpaired) electrons. The SMILES string of the molecule is c1ccc2cc(-c3ccc4c(ccc5cc(N(c6ccc(-c7nccc8ncccc78)cc6)c6ccc(-c7nccc8ncccc78)cc6)ccc54)c3)ccc2c1. The minimum atomic E-state index is 0.918. The summed E-state index contributed by atoms with van der Waals surface area (Å²) in [4.78, 5) is 20.9. The fraction of sp³-hybridized carbons (Fsp3) is 0. The van der Waals surface area contributed by atoms with E-state index in [4.69, 9.17) is 9.97 Å². The molecule has 0 fully saturated rings. The summed E-state index contributed by atoms with van der Waals surface area (Å²) in [7, 11) is 0. The third-order valence-electron chi connectivity index (χ3n) is 11.0. The summed E-state index contributed by atoms with van der Waals surface area (Å²) >= 11 is 0. The summed E-state index contributed by atoms with van der Waals surface area (Å²) in [6.07, 6.45) is 7.30. The standard InChI is InChI=1S/C52H33N5/c1-2-6-37-31-38(10-9-34(37)5-1)39-17-23-45-40(32-39)11-12-41-33-44(22-24-46(41)45)57(42-18-13-35(14-19-42)51-47-7-3-27-53-49(47)25-29-55-51)43-20-15-36(16-21-43)52-48-8-4-28-54-50(48)26-30-56-52/h1-33H. The Balaban J connectivity index is 1.00. The first-order chi connectivity index (χ1) is 28.2. The number of aromatic nitrogens is 4. The van der Waals surface area contributed by atoms with E-state index in [9.17, 15) is 0 Å². The number of hydrogen-bond acceptors (Lipinski definition) is 5. The van der Waals surface area contributed by atoms with Gasteiger partial charge in [-0.2, -0.15) is 0 Å². The van der Waals surface area contributed by atoms with Gasteiger partial charge in [-0.15, -0.1) is 0 Å². The van der Waals surface area contributed by atoms with Gasteiger partial charge in [0.25, 0.3) is 0 Å². The third-order valence-corrected chi connectivity index (χ3v) is 11.0. The van der Waals surface area contributed by atoms with Crippen LogP contribution in [-0.4, -0.2) is 19.9 Å². The topological polar surface area (TPSA) is 54.8 Å². The van der Waals surface area contributed by atoms with E-state index >= 15 is 0 Å². The zero-order valence-corrected chi connectivity index (χ0v) is 30.8. The van der Waals surface area contributed by atoms with Gasteiger partial charge in [0, 0.05) is 63.7 Å². The zero-order chi connectivity index (χ0) is 37.7. The number of benzene rings is 7. The molecule has 266 valence electrons. The van der Waals surface area contributed by atoms with E-state index < -0.39 is 0 Å². The van der Waals surface area contributed by atoms with Crippen LogP contribution in [0.5, 0.6) is 0 Å². The van der Waals surface area contributed by atoms with Gasteiger partial charge < -0.3 is 4.90 Å². The van der Waals surface area contributed by atoms with Gasteiger partial charge in [0.15, 0.2) is 0 Å². The Morgan fingerprint density at radius 3 is 1.37 bits per heavy atom. The second-order valence-corrected chi connectivity index (χ2v) is 14.4. The van der Waals surface area contributed by atoms with Crippen LogP contribution in [0.25, 0.3) is 87.8 Å². The van der Waals surface area contributed by atoms with Gasteiger partial charge in [0.2, 0.25) is 0 Å². The van der Waals surface area contributed by atoms with Gasteiger partial charge in [-0.1, -0.05) is 91.0 Å². The maximum absolute atomic E-state index is 4.76. The van der Waals surface area contributed by atoms with Gasteiger partial charge in [-0.25, -0.2) is 0 Å². The average Bonchev–Trinajstić information content (AvgIpc) is 3.29. The molecule has 0 aliphatic heterocycles. The normalized spacial score (nSPS) is 11.5. The molecule has 5 heteroatoms. The second kappa shape index (κ2) is 13.5. The zero-order valence-electron chi connectivity index (χ0n) is 30.8. The molecule has 0 saturated carbocycles. The number of rotatable bonds is 6. The van der Waals surface area contributed by atoms with Crippen LogP contribution < -0.4 is 4.90 Å². The third kappa shape index (κ3) is 5.81. The van der Waals surface area contributed by atoms with Crippen LogP contribution in [0.1, 0.15) is 0 Å². The Morgan fingerprint density at radius 2 is 0.754 bits per heavy atom. The quantitative estimate of drug-likeness (QED) is 0.160. The lowest BCUT2D eigenvalue weighted by molar-refractivity contribution is 1.28. The minimum absolute atomic E-state index is 0.918. The van der Waals surface area contributed by atoms with E-state index in [0.29, 0.717) is 0 Å². The average molecular weight is 728 g/mol. The number of pyridine rings is 4. The summed E-state index contributed by atoms with van der Waals surface area (Å²) in [5.41, 5.74) is 11.4. The highest BCUT2D eigenvalue weighted by molar-refractivity contribution is 6.10. The first-order valence-corrected chi connectivity index (χ1v) is 19.1. The van der Waals surface area contributed by atoms with Crippen molar-refractivity contribution >= 4 is 71.2 Å². The molecule has 11 rings (SSSR count). The Bertz CT molecular complexity index is 3170. The molecule has 57 heavy (non-hydrogen) atoms. The molecule has 11 aromatic rings. The monoisotopic (exact) mass is 727 g/mol. The van der Waals surface area contributed by atoms with Crippen molar-refractivity contribution in [3.05, 3.63) is 201 Å². The summed E-state index contributed by atoms with van der Waals surface area (Å²) in [5, 5.41) is 9.42. The summed E-state index contributed by atoms with van der Waals surface area (Å²) < 4.78 is 0. The molecule has 4 aromatic heterocycles. The minimum Gasteiger partial charge on any atom is -0.310 e. The van der Waals surface area contributed by atoms with Gasteiger partial charge in [-0.05, 0) is 128 Å². The predicted molar refractivity (Wildman–Crippen MR) is 236 cm³/mol. The van der Waals surface area contributed by atoms with Gasteiger partial charge in [0.1, 0.15) is 0 Å². The van der Waals surface area contributed by atoms with Crippen molar-refractivity contribution in [2.45, 2.75) is 0 Å². The second-order valence-electron chi connectivity index (χ2n) is 14.4. The van der Waals surface area contributed by atoms with Crippen molar-refractivity contribution in [1.29, 1.82) is 0 Å². The smallest absolute Gasteiger partial charge is 0.0795 e. The largest absolute Gasteiger partial charge is 0.310 e. The molecular formula is C52H33N5. The highest BCUT2D eigenvalue weighted by Gasteiger charge is 2.16. The molecule has 7 aromatic carbocycles. The molecule has 0 aliphatic rings. The van der Waals surface area contributed by atoms with E-state index in [0.717, 1.165) is 61.4 Å². The Hall–Kier alpha value is -7.76. The van der Waals surface area contributed by atoms with E-state index in [-0.39, 0.29) is 0 Å². The van der Waals surface area contributed by atoms with Crippen molar-refractivity contribution < 1.29 is 0 Å². The fourth-order valence-electron chi connectivity index (χ4n) is 8.20. The molecule has 0 saturated heterocycles. The summed E-state index contributed by atoms with van der Waals surface area (Å²) in [6.45, 7) is 0. The highest BCUT2D eigenvalue weighted by Crippen LogP contribution is 2.40. The van der Waals surface area contributed by atoms with E-state index in [1.54, 1.807) is 0 Å². The van der Waals surface area contributed by atoms with Crippen molar-refractivity contribution in [2.75, 3.05) is 4.90 Å². The van der Waals surface area contributed by atoms with Crippen LogP contribution in [0.4, 0.5) is 17.1 Å². The van der Waals surface area contributed by atoms with Crippen LogP contribution >= 0.6 is 0 Å². The molecule has 4 heterocycles. The van der Waals surface area contributed by atoms with E-state index in [1.165, 1.54) is 43.4 Å². The lowest BCUT2D eigenvalue weighted by Gasteiger charge is -2.26. The Morgan fingerprint density at radius 1 is 0.281 bits per heavy atom. The van der Waals surface area contributed by atoms with Crippen LogP contribution in [0.15, 0.2) is 201 Å². The Kier molecular flexibility index (Phi) is 7.74. The molecule has 0 spiro atoms. The fourth-order valence-corrected chi connectivity index (χ4v) is 8.20. The molecule has 0 N–H and O–H groups in total. The molecule has 0 atom stereocenters. The van der Waals surface area contributed by atoms with Crippen LogP contribution in [-0.2, 0) is 0 Å². The first kappa shape index (κ1) is 32.7. The maximum Gasteiger partial charge on any atom is 0.0795 e. The first-order valence-electron chi connectivity index (χ1n) is 19.1. The van der Waals surface area contributed by atoms with Crippen molar-refractivity contribution in [2.24, 2.45) is 0 Å². The van der Waals surface area contributed by atoms with Gasteiger partial charge in [-0.3, -0.25) is 19.9 Å². The molecule has 0 unspecified atom stereocenters. The number of nitrogens with zero attached hydrogens (tertiary/aromatic N) is 5. The molecule has 0 bridgehead atoms. The summed E-state index contributed by atoms with van der Waals surface area (Å²) in [6, 6.07) is 62.7. The van der Waals surface area contributed by atoms with Crippen LogP contribution in [0.2, 0.25) is 0 Å². The number of anilines is 3.